The summed E-state index contributed by atoms with van der Waals surface area (Å²) < 4.78 is 13.2. The molecule has 0 radical (unpaired) electrons. The highest BCUT2D eigenvalue weighted by molar-refractivity contribution is 5.88. The van der Waals surface area contributed by atoms with Gasteiger partial charge < -0.3 is 0 Å². The van der Waals surface area contributed by atoms with Crippen LogP contribution in [0, 0.1) is 6.92 Å². The zero-order valence-electron chi connectivity index (χ0n) is 8.92. The highest BCUT2D eigenvalue weighted by Gasteiger charge is 2.06. The van der Waals surface area contributed by atoms with Gasteiger partial charge in [0.2, 0.25) is 0 Å². The van der Waals surface area contributed by atoms with Crippen molar-refractivity contribution in [3.8, 4) is 0 Å². The minimum Gasteiger partial charge on any atom is -0.255 e. The van der Waals surface area contributed by atoms with Crippen LogP contribution < -0.4 is 0 Å². The summed E-state index contributed by atoms with van der Waals surface area (Å²) in [5.74, 6) is 0. The molecular formula is C12H16FN. The zero-order valence-corrected chi connectivity index (χ0v) is 8.92. The first-order valence-electron chi connectivity index (χ1n) is 4.89. The number of aliphatic imine (C=N–C) groups is 1. The fourth-order valence-electron chi connectivity index (χ4n) is 1.27. The Morgan fingerprint density at radius 3 is 2.79 bits per heavy atom. The van der Waals surface area contributed by atoms with E-state index in [9.17, 15) is 4.39 Å². The molecule has 0 aliphatic carbocycles. The lowest BCUT2D eigenvalue weighted by atomic mass is 10.2. The van der Waals surface area contributed by atoms with Crippen LogP contribution in [0.15, 0.2) is 29.3 Å². The molecule has 1 atom stereocenters. The summed E-state index contributed by atoms with van der Waals surface area (Å²) in [6.45, 7) is 5.55. The Kier molecular flexibility index (Phi) is 3.81. The van der Waals surface area contributed by atoms with E-state index in [0.717, 1.165) is 11.3 Å². The maximum Gasteiger partial charge on any atom is 0.138 e. The Labute approximate surface area is 84.7 Å². The molecule has 2 heteroatoms. The van der Waals surface area contributed by atoms with Gasteiger partial charge in [-0.25, -0.2) is 4.39 Å². The fourth-order valence-corrected chi connectivity index (χ4v) is 1.27. The van der Waals surface area contributed by atoms with Gasteiger partial charge in [0.05, 0.1) is 5.69 Å². The largest absolute Gasteiger partial charge is 0.255 e. The van der Waals surface area contributed by atoms with Crippen LogP contribution in [0.2, 0.25) is 0 Å². The number of aryl methyl sites for hydroxylation is 1. The van der Waals surface area contributed by atoms with Crippen molar-refractivity contribution in [2.45, 2.75) is 33.4 Å². The third kappa shape index (κ3) is 2.95. The normalized spacial score (nSPS) is 14.1. The molecule has 0 spiro atoms. The lowest BCUT2D eigenvalue weighted by molar-refractivity contribution is 0.413. The summed E-state index contributed by atoms with van der Waals surface area (Å²) >= 11 is 0. The summed E-state index contributed by atoms with van der Waals surface area (Å²) in [5, 5.41) is 0. The van der Waals surface area contributed by atoms with Crippen molar-refractivity contribution < 1.29 is 4.39 Å². The second kappa shape index (κ2) is 4.89. The summed E-state index contributed by atoms with van der Waals surface area (Å²) in [6.07, 6.45) is -0.434. The van der Waals surface area contributed by atoms with E-state index in [1.165, 1.54) is 0 Å². The second-order valence-corrected chi connectivity index (χ2v) is 3.47. The van der Waals surface area contributed by atoms with Gasteiger partial charge in [-0.3, -0.25) is 4.99 Å². The average Bonchev–Trinajstić information content (AvgIpc) is 2.16. The van der Waals surface area contributed by atoms with Crippen LogP contribution in [0.25, 0.3) is 0 Å². The van der Waals surface area contributed by atoms with Gasteiger partial charge in [0.15, 0.2) is 0 Å². The number of nitrogens with zero attached hydrogens (tertiary/aromatic N) is 1. The predicted octanol–water partition coefficient (Wildman–Crippen LogP) is 3.84. The Morgan fingerprint density at radius 1 is 1.50 bits per heavy atom. The van der Waals surface area contributed by atoms with E-state index in [-0.39, 0.29) is 0 Å². The van der Waals surface area contributed by atoms with E-state index in [0.29, 0.717) is 12.1 Å². The van der Waals surface area contributed by atoms with Gasteiger partial charge in [-0.05, 0) is 38.0 Å². The van der Waals surface area contributed by atoms with E-state index in [1.807, 2.05) is 38.1 Å². The standard InChI is InChI=1S/C12H16FN/c1-4-12(13)10(3)14-11-7-5-6-9(2)8-11/h5-8,12H,4H2,1-3H3. The Hall–Kier alpha value is -1.18. The summed E-state index contributed by atoms with van der Waals surface area (Å²) in [6, 6.07) is 7.77. The van der Waals surface area contributed by atoms with Crippen LogP contribution in [-0.4, -0.2) is 11.9 Å². The maximum absolute atomic E-state index is 13.2. The van der Waals surface area contributed by atoms with Crippen LogP contribution in [-0.2, 0) is 0 Å². The molecule has 0 saturated carbocycles. The van der Waals surface area contributed by atoms with Gasteiger partial charge in [-0.15, -0.1) is 0 Å². The molecule has 0 saturated heterocycles. The lowest BCUT2D eigenvalue weighted by Crippen LogP contribution is -2.09. The van der Waals surface area contributed by atoms with E-state index in [4.69, 9.17) is 0 Å². The predicted molar refractivity (Wildman–Crippen MR) is 59.1 cm³/mol. The van der Waals surface area contributed by atoms with Crippen molar-refractivity contribution in [3.05, 3.63) is 29.8 Å². The number of hydrogen-bond acceptors (Lipinski definition) is 1. The quantitative estimate of drug-likeness (QED) is 0.647. The molecule has 0 aliphatic heterocycles. The minimum atomic E-state index is -0.921. The lowest BCUT2D eigenvalue weighted by Gasteiger charge is -2.04. The minimum absolute atomic E-state index is 0.487. The molecule has 14 heavy (non-hydrogen) atoms. The van der Waals surface area contributed by atoms with Gasteiger partial charge in [0, 0.05) is 5.71 Å². The van der Waals surface area contributed by atoms with Gasteiger partial charge in [0.25, 0.3) is 0 Å². The number of rotatable bonds is 3. The highest BCUT2D eigenvalue weighted by Crippen LogP contribution is 2.15. The van der Waals surface area contributed by atoms with Gasteiger partial charge in [0.1, 0.15) is 6.17 Å². The molecule has 1 unspecified atom stereocenters. The Balaban J connectivity index is 2.86. The smallest absolute Gasteiger partial charge is 0.138 e. The third-order valence-electron chi connectivity index (χ3n) is 2.12. The number of alkyl halides is 1. The molecular weight excluding hydrogens is 177 g/mol. The number of benzene rings is 1. The van der Waals surface area contributed by atoms with Crippen LogP contribution in [0.3, 0.4) is 0 Å². The van der Waals surface area contributed by atoms with E-state index >= 15 is 0 Å². The van der Waals surface area contributed by atoms with Crippen molar-refractivity contribution in [1.29, 1.82) is 0 Å². The molecule has 0 aromatic heterocycles. The highest BCUT2D eigenvalue weighted by atomic mass is 19.1. The van der Waals surface area contributed by atoms with Gasteiger partial charge in [-0.2, -0.15) is 0 Å². The Morgan fingerprint density at radius 2 is 2.21 bits per heavy atom. The van der Waals surface area contributed by atoms with Crippen LogP contribution in [0.5, 0.6) is 0 Å². The first-order valence-corrected chi connectivity index (χ1v) is 4.89. The SMILES string of the molecule is CCC(F)C(C)=Nc1cccc(C)c1. The summed E-state index contributed by atoms with van der Waals surface area (Å²) in [4.78, 5) is 4.23. The van der Waals surface area contributed by atoms with Crippen molar-refractivity contribution >= 4 is 11.4 Å². The topological polar surface area (TPSA) is 12.4 Å². The molecule has 0 heterocycles. The monoisotopic (exact) mass is 193 g/mol. The summed E-state index contributed by atoms with van der Waals surface area (Å²) in [5.41, 5.74) is 2.53. The molecule has 0 amide bonds. The van der Waals surface area contributed by atoms with Crippen molar-refractivity contribution in [3.63, 3.8) is 0 Å². The number of halogens is 1. The van der Waals surface area contributed by atoms with Crippen molar-refractivity contribution in [2.75, 3.05) is 0 Å². The van der Waals surface area contributed by atoms with Crippen LogP contribution in [0.1, 0.15) is 25.8 Å². The summed E-state index contributed by atoms with van der Waals surface area (Å²) in [7, 11) is 0. The van der Waals surface area contributed by atoms with Crippen LogP contribution in [0.4, 0.5) is 10.1 Å². The fraction of sp³-hybridized carbons (Fsp3) is 0.417. The van der Waals surface area contributed by atoms with Gasteiger partial charge in [-0.1, -0.05) is 19.1 Å². The molecule has 0 fully saturated rings. The molecule has 0 aliphatic rings. The molecule has 1 rings (SSSR count). The van der Waals surface area contributed by atoms with Crippen molar-refractivity contribution in [2.24, 2.45) is 4.99 Å². The Bertz CT molecular complexity index is 331. The van der Waals surface area contributed by atoms with Crippen molar-refractivity contribution in [1.82, 2.24) is 0 Å². The second-order valence-electron chi connectivity index (χ2n) is 3.47. The molecule has 1 aromatic rings. The first-order chi connectivity index (χ1) is 6.63. The zero-order chi connectivity index (χ0) is 10.6. The van der Waals surface area contributed by atoms with Gasteiger partial charge >= 0.3 is 0 Å². The molecule has 76 valence electrons. The maximum atomic E-state index is 13.2. The molecule has 0 bridgehead atoms. The number of hydrogen-bond donors (Lipinski definition) is 0. The van der Waals surface area contributed by atoms with E-state index < -0.39 is 6.17 Å². The first kappa shape index (κ1) is 10.9. The average molecular weight is 193 g/mol. The molecule has 1 aromatic carbocycles. The van der Waals surface area contributed by atoms with Crippen LogP contribution >= 0.6 is 0 Å². The molecule has 0 N–H and O–H groups in total. The third-order valence-corrected chi connectivity index (χ3v) is 2.12. The van der Waals surface area contributed by atoms with E-state index in [2.05, 4.69) is 4.99 Å². The molecule has 1 nitrogen and oxygen atoms in total. The van der Waals surface area contributed by atoms with E-state index in [1.54, 1.807) is 6.92 Å².